The summed E-state index contributed by atoms with van der Waals surface area (Å²) in [4.78, 5) is 12.1. The van der Waals surface area contributed by atoms with E-state index in [1.54, 1.807) is 48.5 Å². The van der Waals surface area contributed by atoms with Crippen molar-refractivity contribution < 1.29 is 17.4 Å². The van der Waals surface area contributed by atoms with Crippen LogP contribution in [0.2, 0.25) is 5.02 Å². The predicted molar refractivity (Wildman–Crippen MR) is 107 cm³/mol. The average molecular weight is 415 g/mol. The highest BCUT2D eigenvalue weighted by molar-refractivity contribution is 7.87. The second-order valence-corrected chi connectivity index (χ2v) is 7.62. The van der Waals surface area contributed by atoms with Crippen LogP contribution in [0.3, 0.4) is 0 Å². The molecule has 0 aliphatic rings. The summed E-state index contributed by atoms with van der Waals surface area (Å²) in [6.45, 7) is 0. The minimum atomic E-state index is -3.93. The fourth-order valence-electron chi connectivity index (χ4n) is 2.27. The summed E-state index contributed by atoms with van der Waals surface area (Å²) in [6.07, 6.45) is 1.38. The maximum atomic E-state index is 12.3. The van der Waals surface area contributed by atoms with Gasteiger partial charge in [-0.05, 0) is 48.0 Å². The third-order valence-electron chi connectivity index (χ3n) is 3.56. The molecule has 6 nitrogen and oxygen atoms in total. The number of halogens is 1. The Kier molecular flexibility index (Phi) is 6.08. The van der Waals surface area contributed by atoms with Crippen molar-refractivity contribution in [2.24, 2.45) is 5.10 Å². The van der Waals surface area contributed by atoms with E-state index in [1.165, 1.54) is 36.5 Å². The molecule has 0 aliphatic carbocycles. The maximum absolute atomic E-state index is 12.3. The van der Waals surface area contributed by atoms with Gasteiger partial charge in [-0.25, -0.2) is 5.43 Å². The lowest BCUT2D eigenvalue weighted by Gasteiger charge is -2.07. The molecule has 3 aromatic carbocycles. The largest absolute Gasteiger partial charge is 0.379 e. The number of hydrazone groups is 1. The monoisotopic (exact) mass is 414 g/mol. The van der Waals surface area contributed by atoms with Crippen molar-refractivity contribution in [3.8, 4) is 5.75 Å². The van der Waals surface area contributed by atoms with E-state index >= 15 is 0 Å². The highest BCUT2D eigenvalue weighted by atomic mass is 35.5. The van der Waals surface area contributed by atoms with E-state index < -0.39 is 16.0 Å². The van der Waals surface area contributed by atoms with Gasteiger partial charge in [0.05, 0.1) is 6.21 Å². The van der Waals surface area contributed by atoms with E-state index in [9.17, 15) is 13.2 Å². The fourth-order valence-corrected chi connectivity index (χ4v) is 3.40. The first-order valence-corrected chi connectivity index (χ1v) is 9.91. The molecule has 0 atom stereocenters. The van der Waals surface area contributed by atoms with E-state index in [4.69, 9.17) is 15.8 Å². The molecule has 1 amide bonds. The van der Waals surface area contributed by atoms with Crippen molar-refractivity contribution in [1.29, 1.82) is 0 Å². The third kappa shape index (κ3) is 5.18. The SMILES string of the molecule is O=C(N/N=C\c1cccc(OS(=O)(=O)c2ccccc2)c1)c1cccc(Cl)c1. The Balaban J connectivity index is 1.68. The molecule has 0 saturated carbocycles. The molecule has 1 N–H and O–H groups in total. The van der Waals surface area contributed by atoms with E-state index in [0.717, 1.165) is 0 Å². The van der Waals surface area contributed by atoms with Crippen molar-refractivity contribution in [3.05, 3.63) is 95.0 Å². The number of amides is 1. The topological polar surface area (TPSA) is 84.8 Å². The number of hydrogen-bond acceptors (Lipinski definition) is 5. The number of carbonyl (C=O) groups is 1. The summed E-state index contributed by atoms with van der Waals surface area (Å²) in [7, 11) is -3.93. The van der Waals surface area contributed by atoms with Crippen LogP contribution in [0.5, 0.6) is 5.75 Å². The first-order valence-electron chi connectivity index (χ1n) is 8.13. The molecule has 0 unspecified atom stereocenters. The van der Waals surface area contributed by atoms with Gasteiger partial charge in [-0.2, -0.15) is 13.5 Å². The number of hydrogen-bond donors (Lipinski definition) is 1. The number of nitrogens with one attached hydrogen (secondary N) is 1. The molecule has 0 aromatic heterocycles. The number of benzene rings is 3. The highest BCUT2D eigenvalue weighted by Gasteiger charge is 2.15. The summed E-state index contributed by atoms with van der Waals surface area (Å²) in [5.74, 6) is -0.285. The Morgan fingerprint density at radius 3 is 2.46 bits per heavy atom. The molecular formula is C20H15ClN2O4S. The van der Waals surface area contributed by atoms with Crippen molar-refractivity contribution in [2.75, 3.05) is 0 Å². The van der Waals surface area contributed by atoms with Crippen LogP contribution in [0, 0.1) is 0 Å². The first kappa shape index (κ1) is 19.6. The van der Waals surface area contributed by atoms with Crippen molar-refractivity contribution in [3.63, 3.8) is 0 Å². The number of nitrogens with zero attached hydrogens (tertiary/aromatic N) is 1. The van der Waals surface area contributed by atoms with Crippen LogP contribution in [-0.4, -0.2) is 20.5 Å². The summed E-state index contributed by atoms with van der Waals surface area (Å²) < 4.78 is 29.7. The predicted octanol–water partition coefficient (Wildman–Crippen LogP) is 3.87. The van der Waals surface area contributed by atoms with Crippen LogP contribution >= 0.6 is 11.6 Å². The third-order valence-corrected chi connectivity index (χ3v) is 5.06. The smallest absolute Gasteiger partial charge is 0.339 e. The lowest BCUT2D eigenvalue weighted by molar-refractivity contribution is 0.0955. The zero-order chi connectivity index (χ0) is 20.0. The second kappa shape index (κ2) is 8.69. The summed E-state index contributed by atoms with van der Waals surface area (Å²) in [5.41, 5.74) is 3.30. The maximum Gasteiger partial charge on any atom is 0.339 e. The normalized spacial score (nSPS) is 11.3. The minimum absolute atomic E-state index is 0.0582. The zero-order valence-corrected chi connectivity index (χ0v) is 16.0. The lowest BCUT2D eigenvalue weighted by atomic mass is 10.2. The molecule has 142 valence electrons. The molecule has 0 spiro atoms. The molecule has 0 aliphatic heterocycles. The average Bonchev–Trinajstić information content (AvgIpc) is 2.68. The van der Waals surface area contributed by atoms with Crippen molar-refractivity contribution >= 4 is 33.8 Å². The molecule has 0 radical (unpaired) electrons. The second-order valence-electron chi connectivity index (χ2n) is 5.63. The Morgan fingerprint density at radius 2 is 1.71 bits per heavy atom. The van der Waals surface area contributed by atoms with Crippen LogP contribution in [-0.2, 0) is 10.1 Å². The minimum Gasteiger partial charge on any atom is -0.379 e. The Labute approximate surface area is 167 Å². The van der Waals surface area contributed by atoms with Crippen LogP contribution in [0.1, 0.15) is 15.9 Å². The van der Waals surface area contributed by atoms with Crippen molar-refractivity contribution in [1.82, 2.24) is 5.43 Å². The van der Waals surface area contributed by atoms with Crippen LogP contribution in [0.15, 0.2) is 88.9 Å². The molecule has 8 heteroatoms. The quantitative estimate of drug-likeness (QED) is 0.377. The van der Waals surface area contributed by atoms with Gasteiger partial charge in [-0.3, -0.25) is 4.79 Å². The molecule has 0 fully saturated rings. The summed E-state index contributed by atoms with van der Waals surface area (Å²) in [6, 6.07) is 20.6. The molecule has 0 saturated heterocycles. The Bertz CT molecular complexity index is 1120. The van der Waals surface area contributed by atoms with Crippen molar-refractivity contribution in [2.45, 2.75) is 4.90 Å². The first-order chi connectivity index (χ1) is 13.4. The van der Waals surface area contributed by atoms with Crippen LogP contribution in [0.4, 0.5) is 0 Å². The molecular weight excluding hydrogens is 400 g/mol. The van der Waals surface area contributed by atoms with Gasteiger partial charge in [0.1, 0.15) is 10.6 Å². The number of rotatable bonds is 6. The van der Waals surface area contributed by atoms with E-state index in [2.05, 4.69) is 10.5 Å². The van der Waals surface area contributed by atoms with Gasteiger partial charge in [0.15, 0.2) is 0 Å². The lowest BCUT2D eigenvalue weighted by Crippen LogP contribution is -2.17. The number of carbonyl (C=O) groups excluding carboxylic acids is 1. The van der Waals surface area contributed by atoms with E-state index in [1.807, 2.05) is 0 Å². The van der Waals surface area contributed by atoms with Gasteiger partial charge in [0.25, 0.3) is 5.91 Å². The zero-order valence-electron chi connectivity index (χ0n) is 14.4. The van der Waals surface area contributed by atoms with Gasteiger partial charge in [-0.1, -0.05) is 48.0 Å². The van der Waals surface area contributed by atoms with Crippen LogP contribution in [0.25, 0.3) is 0 Å². The molecule has 0 heterocycles. The Morgan fingerprint density at radius 1 is 0.964 bits per heavy atom. The van der Waals surface area contributed by atoms with Gasteiger partial charge < -0.3 is 4.18 Å². The molecule has 0 bridgehead atoms. The van der Waals surface area contributed by atoms with Gasteiger partial charge in [0.2, 0.25) is 0 Å². The van der Waals surface area contributed by atoms with E-state index in [0.29, 0.717) is 16.1 Å². The van der Waals surface area contributed by atoms with Gasteiger partial charge >= 0.3 is 10.1 Å². The van der Waals surface area contributed by atoms with E-state index in [-0.39, 0.29) is 10.6 Å². The van der Waals surface area contributed by atoms with Gasteiger partial charge in [-0.15, -0.1) is 0 Å². The summed E-state index contributed by atoms with van der Waals surface area (Å²) >= 11 is 5.85. The standard InChI is InChI=1S/C20H15ClN2O4S/c21-17-8-5-7-16(13-17)20(24)23-22-14-15-6-4-9-18(12-15)27-28(25,26)19-10-2-1-3-11-19/h1-14H,(H,23,24)/b22-14-. The molecule has 3 aromatic rings. The summed E-state index contributed by atoms with van der Waals surface area (Å²) in [5, 5.41) is 4.32. The Hall–Kier alpha value is -3.16. The van der Waals surface area contributed by atoms with Gasteiger partial charge in [0, 0.05) is 10.6 Å². The highest BCUT2D eigenvalue weighted by Crippen LogP contribution is 2.19. The van der Waals surface area contributed by atoms with Crippen LogP contribution < -0.4 is 9.61 Å². The fraction of sp³-hybridized carbons (Fsp3) is 0. The molecule has 3 rings (SSSR count). The molecule has 28 heavy (non-hydrogen) atoms.